The molecule has 0 aromatic heterocycles. The summed E-state index contributed by atoms with van der Waals surface area (Å²) in [6.45, 7) is 2.77. The van der Waals surface area contributed by atoms with Crippen molar-refractivity contribution in [2.45, 2.75) is 60.6 Å². The molecule has 0 N–H and O–H groups in total. The molecule has 1 atom stereocenters. The minimum atomic E-state index is -9.04. The van der Waals surface area contributed by atoms with E-state index in [9.17, 15) is 88.3 Å². The maximum absolute atomic E-state index is 13.9. The Hall–Kier alpha value is -2.16. The number of carbonyl (C=O) groups excluding carboxylic acids is 1. The van der Waals surface area contributed by atoms with Crippen LogP contribution in [0, 0.1) is 0 Å². The third kappa shape index (κ3) is 4.23. The Balaban J connectivity index is 7.05. The zero-order chi connectivity index (χ0) is 29.1. The van der Waals surface area contributed by atoms with Crippen LogP contribution in [0.3, 0.4) is 0 Å². The Kier molecular flexibility index (Phi) is 7.94. The van der Waals surface area contributed by atoms with Gasteiger partial charge in [-0.25, -0.2) is 4.79 Å². The molecule has 1 unspecified atom stereocenters. The molecule has 0 aromatic rings. The Morgan fingerprint density at radius 2 is 0.857 bits per heavy atom. The fraction of sp³-hybridized carbons (Fsp3) is 0.769. The summed E-state index contributed by atoms with van der Waals surface area (Å²) in [5.74, 6) is -63.4. The molecule has 0 aliphatic rings. The summed E-state index contributed by atoms with van der Waals surface area (Å²) in [5, 5.41) is 0. The van der Waals surface area contributed by atoms with Crippen LogP contribution in [-0.2, 0) is 14.5 Å². The standard InChI is InChI=1S/C13H5F19O3/c1-3(2)4(33)34-13(30,31)11(26,35-32)9(22,23)7(18,19)5(14,15)6(16,17)8(20,21)10(24,25)12(27,28)29/h1H2,2H3. The van der Waals surface area contributed by atoms with E-state index in [1.54, 1.807) is 0 Å². The van der Waals surface area contributed by atoms with Crippen LogP contribution in [0.4, 0.5) is 83.6 Å². The van der Waals surface area contributed by atoms with Gasteiger partial charge in [-0.1, -0.05) is 6.58 Å². The first-order valence-corrected chi connectivity index (χ1v) is 7.48. The maximum Gasteiger partial charge on any atom is 0.471 e. The van der Waals surface area contributed by atoms with Gasteiger partial charge in [0.1, 0.15) is 0 Å². The van der Waals surface area contributed by atoms with Gasteiger partial charge in [0.2, 0.25) is 0 Å². The highest BCUT2D eigenvalue weighted by Crippen LogP contribution is 2.65. The van der Waals surface area contributed by atoms with Crippen molar-refractivity contribution in [1.29, 1.82) is 0 Å². The lowest BCUT2D eigenvalue weighted by atomic mass is 9.88. The van der Waals surface area contributed by atoms with Crippen LogP contribution in [0.5, 0.6) is 0 Å². The van der Waals surface area contributed by atoms with Crippen molar-refractivity contribution in [2.75, 3.05) is 0 Å². The van der Waals surface area contributed by atoms with Crippen molar-refractivity contribution in [3.63, 3.8) is 0 Å². The van der Waals surface area contributed by atoms with Gasteiger partial charge in [-0.3, -0.25) is 0 Å². The predicted molar refractivity (Wildman–Crippen MR) is 67.6 cm³/mol. The lowest BCUT2D eigenvalue weighted by Crippen LogP contribution is -2.76. The topological polar surface area (TPSA) is 35.5 Å². The van der Waals surface area contributed by atoms with Crippen LogP contribution in [0.2, 0.25) is 0 Å². The van der Waals surface area contributed by atoms with Crippen molar-refractivity contribution in [3.05, 3.63) is 12.2 Å². The molecular formula is C13H5F19O3. The van der Waals surface area contributed by atoms with Crippen molar-refractivity contribution in [2.24, 2.45) is 0 Å². The van der Waals surface area contributed by atoms with Crippen LogP contribution >= 0.6 is 0 Å². The first-order chi connectivity index (χ1) is 14.9. The van der Waals surface area contributed by atoms with Gasteiger partial charge in [0.25, 0.3) is 0 Å². The summed E-state index contributed by atoms with van der Waals surface area (Å²) in [6, 6.07) is 0. The van der Waals surface area contributed by atoms with Crippen molar-refractivity contribution >= 4 is 5.97 Å². The second-order valence-corrected chi connectivity index (χ2v) is 6.30. The molecule has 0 saturated carbocycles. The third-order valence-electron chi connectivity index (χ3n) is 3.78. The van der Waals surface area contributed by atoms with Gasteiger partial charge >= 0.3 is 59.6 Å². The molecule has 0 fully saturated rings. The molecular weight excluding hydrogens is 565 g/mol. The number of ether oxygens (including phenoxy) is 1. The predicted octanol–water partition coefficient (Wildman–Crippen LogP) is 6.64. The molecule has 0 spiro atoms. The fourth-order valence-corrected chi connectivity index (χ4v) is 1.71. The quantitative estimate of drug-likeness (QED) is 0.168. The zero-order valence-corrected chi connectivity index (χ0v) is 15.6. The lowest BCUT2D eigenvalue weighted by Gasteiger charge is -2.44. The molecule has 0 radical (unpaired) electrons. The Morgan fingerprint density at radius 1 is 0.571 bits per heavy atom. The van der Waals surface area contributed by atoms with Crippen LogP contribution in [0.1, 0.15) is 6.92 Å². The summed E-state index contributed by atoms with van der Waals surface area (Å²) in [7, 11) is 0. The summed E-state index contributed by atoms with van der Waals surface area (Å²) >= 11 is 0. The molecule has 0 aliphatic carbocycles. The van der Waals surface area contributed by atoms with E-state index in [1.807, 2.05) is 0 Å². The molecule has 0 heterocycles. The van der Waals surface area contributed by atoms with E-state index in [0.29, 0.717) is 6.92 Å². The van der Waals surface area contributed by atoms with Gasteiger partial charge in [-0.2, -0.15) is 79.0 Å². The molecule has 3 nitrogen and oxygen atoms in total. The first-order valence-electron chi connectivity index (χ1n) is 7.48. The number of hydrogen-bond acceptors (Lipinski definition) is 3. The van der Waals surface area contributed by atoms with E-state index in [1.165, 1.54) is 0 Å². The van der Waals surface area contributed by atoms with E-state index in [0.717, 1.165) is 4.94 Å². The van der Waals surface area contributed by atoms with Crippen LogP contribution in [-0.4, -0.2) is 59.6 Å². The second kappa shape index (κ2) is 8.46. The number of hydrogen-bond donors (Lipinski definition) is 0. The third-order valence-corrected chi connectivity index (χ3v) is 3.78. The first kappa shape index (κ1) is 32.8. The van der Waals surface area contributed by atoms with Gasteiger partial charge in [0.05, 0.1) is 0 Å². The van der Waals surface area contributed by atoms with E-state index in [2.05, 4.69) is 11.3 Å². The molecule has 0 aliphatic heterocycles. The largest absolute Gasteiger partial charge is 0.471 e. The number of rotatable bonds is 10. The number of halogens is 19. The molecule has 22 heteroatoms. The molecule has 0 amide bonds. The monoisotopic (exact) mass is 570 g/mol. The smallest absolute Gasteiger partial charge is 0.393 e. The number of carbonyl (C=O) groups is 1. The summed E-state index contributed by atoms with van der Waals surface area (Å²) in [6.07, 6.45) is -15.2. The SMILES string of the molecule is C=C(C)C(=O)OC(F)(F)C(F)(OF)C(F)(F)C(F)(F)C(F)(F)C(F)(F)C(F)(F)C(F)(F)C(F)(F)F. The molecule has 0 aromatic carbocycles. The highest BCUT2D eigenvalue weighted by molar-refractivity contribution is 5.87. The molecule has 0 saturated heterocycles. The van der Waals surface area contributed by atoms with E-state index >= 15 is 0 Å². The van der Waals surface area contributed by atoms with Crippen molar-refractivity contribution in [1.82, 2.24) is 0 Å². The Morgan fingerprint density at radius 3 is 1.11 bits per heavy atom. The van der Waals surface area contributed by atoms with Gasteiger partial charge in [0.15, 0.2) is 0 Å². The van der Waals surface area contributed by atoms with Gasteiger partial charge in [0, 0.05) is 5.57 Å². The minimum absolute atomic E-state index is 0.332. The van der Waals surface area contributed by atoms with Crippen LogP contribution in [0.15, 0.2) is 12.2 Å². The van der Waals surface area contributed by atoms with Crippen LogP contribution in [0.25, 0.3) is 0 Å². The van der Waals surface area contributed by atoms with Gasteiger partial charge < -0.3 is 4.74 Å². The Bertz CT molecular complexity index is 828. The minimum Gasteiger partial charge on any atom is -0.393 e. The zero-order valence-electron chi connectivity index (χ0n) is 15.6. The van der Waals surface area contributed by atoms with Crippen molar-refractivity contribution in [3.8, 4) is 0 Å². The highest BCUT2D eigenvalue weighted by atomic mass is 19.4. The normalized spacial score (nSPS) is 17.1. The number of alkyl halides is 18. The summed E-state index contributed by atoms with van der Waals surface area (Å²) < 4.78 is 251. The van der Waals surface area contributed by atoms with Gasteiger partial charge in [-0.05, 0) is 11.4 Å². The molecule has 0 rings (SSSR count). The summed E-state index contributed by atoms with van der Waals surface area (Å²) in [5.41, 5.74) is -1.37. The molecule has 208 valence electrons. The average Bonchev–Trinajstić information content (AvgIpc) is 2.64. The maximum atomic E-state index is 13.9. The molecule has 0 bridgehead atoms. The molecule has 35 heavy (non-hydrogen) atoms. The van der Waals surface area contributed by atoms with Crippen LogP contribution < -0.4 is 0 Å². The van der Waals surface area contributed by atoms with E-state index < -0.39 is 65.2 Å². The van der Waals surface area contributed by atoms with Crippen molar-refractivity contribution < 1.29 is 98.0 Å². The lowest BCUT2D eigenvalue weighted by molar-refractivity contribution is -0.517. The summed E-state index contributed by atoms with van der Waals surface area (Å²) in [4.78, 5) is 12.0. The highest BCUT2D eigenvalue weighted by Gasteiger charge is 2.97. The Labute approximate surface area is 178 Å². The number of esters is 1. The second-order valence-electron chi connectivity index (χ2n) is 6.30. The van der Waals surface area contributed by atoms with E-state index in [4.69, 9.17) is 0 Å². The van der Waals surface area contributed by atoms with Gasteiger partial charge in [-0.15, -0.1) is 4.94 Å². The van der Waals surface area contributed by atoms with E-state index in [-0.39, 0.29) is 0 Å². The average molecular weight is 570 g/mol. The fourth-order valence-electron chi connectivity index (χ4n) is 1.71.